The summed E-state index contributed by atoms with van der Waals surface area (Å²) in [5.74, 6) is -0.780. The van der Waals surface area contributed by atoms with Crippen LogP contribution in [-0.4, -0.2) is 43.2 Å². The Hall–Kier alpha value is -2.91. The minimum Gasteiger partial charge on any atom is -0.467 e. The van der Waals surface area contributed by atoms with Gasteiger partial charge in [0.2, 0.25) is 5.91 Å². The first kappa shape index (κ1) is 20.4. The molecule has 0 aliphatic heterocycles. The van der Waals surface area contributed by atoms with E-state index >= 15 is 0 Å². The highest BCUT2D eigenvalue weighted by Crippen LogP contribution is 2.12. The van der Waals surface area contributed by atoms with Gasteiger partial charge < -0.3 is 14.6 Å². The van der Waals surface area contributed by atoms with Crippen LogP contribution in [0.2, 0.25) is 0 Å². The van der Waals surface area contributed by atoms with E-state index in [4.69, 9.17) is 4.74 Å². The molecule has 0 saturated heterocycles. The summed E-state index contributed by atoms with van der Waals surface area (Å²) in [6.45, 7) is 3.78. The third kappa shape index (κ3) is 3.79. The Morgan fingerprint density at radius 1 is 1.26 bits per heavy atom. The van der Waals surface area contributed by atoms with Crippen LogP contribution in [0.15, 0.2) is 15.9 Å². The second-order valence-electron chi connectivity index (χ2n) is 6.64. The molecule has 0 fully saturated rings. The van der Waals surface area contributed by atoms with Gasteiger partial charge in [0.1, 0.15) is 5.54 Å². The van der Waals surface area contributed by atoms with Gasteiger partial charge in [0, 0.05) is 27.1 Å². The van der Waals surface area contributed by atoms with Crippen molar-refractivity contribution in [1.82, 2.24) is 24.0 Å². The molecule has 0 aromatic carbocycles. The van der Waals surface area contributed by atoms with E-state index in [9.17, 15) is 19.2 Å². The number of methoxy groups -OCH3 is 1. The van der Waals surface area contributed by atoms with Crippen molar-refractivity contribution in [2.75, 3.05) is 7.11 Å². The fourth-order valence-corrected chi connectivity index (χ4v) is 2.86. The number of rotatable bonds is 7. The van der Waals surface area contributed by atoms with Crippen LogP contribution < -0.4 is 16.6 Å². The number of amides is 1. The average molecular weight is 379 g/mol. The summed E-state index contributed by atoms with van der Waals surface area (Å²) in [4.78, 5) is 52.5. The molecule has 10 heteroatoms. The first-order valence-electron chi connectivity index (χ1n) is 8.66. The molecule has 2 heterocycles. The minimum absolute atomic E-state index is 0.165. The summed E-state index contributed by atoms with van der Waals surface area (Å²) >= 11 is 0. The molecule has 10 nitrogen and oxygen atoms in total. The van der Waals surface area contributed by atoms with Gasteiger partial charge in [0.25, 0.3) is 5.56 Å². The minimum atomic E-state index is -1.07. The highest BCUT2D eigenvalue weighted by Gasteiger charge is 2.33. The number of carbonyl (C=O) groups excluding carboxylic acids is 2. The Kier molecular flexibility index (Phi) is 5.87. The molecular formula is C17H25N5O5. The van der Waals surface area contributed by atoms with E-state index in [1.807, 2.05) is 0 Å². The zero-order valence-corrected chi connectivity index (χ0v) is 16.2. The van der Waals surface area contributed by atoms with Crippen LogP contribution in [-0.2, 0) is 35.0 Å². The van der Waals surface area contributed by atoms with Gasteiger partial charge in [-0.25, -0.2) is 14.6 Å². The lowest BCUT2D eigenvalue weighted by Crippen LogP contribution is -2.52. The molecule has 27 heavy (non-hydrogen) atoms. The van der Waals surface area contributed by atoms with E-state index in [1.165, 1.54) is 25.1 Å². The highest BCUT2D eigenvalue weighted by atomic mass is 16.5. The molecule has 1 amide bonds. The van der Waals surface area contributed by atoms with Gasteiger partial charge in [0.15, 0.2) is 11.2 Å². The third-order valence-corrected chi connectivity index (χ3v) is 4.78. The first-order valence-corrected chi connectivity index (χ1v) is 8.66. The van der Waals surface area contributed by atoms with Crippen molar-refractivity contribution in [2.24, 2.45) is 14.1 Å². The molecule has 2 rings (SSSR count). The summed E-state index contributed by atoms with van der Waals surface area (Å²) < 4.78 is 8.69. The van der Waals surface area contributed by atoms with Crippen molar-refractivity contribution < 1.29 is 14.3 Å². The number of nitrogens with one attached hydrogen (secondary N) is 1. The molecule has 1 unspecified atom stereocenters. The zero-order valence-electron chi connectivity index (χ0n) is 16.2. The summed E-state index contributed by atoms with van der Waals surface area (Å²) in [5.41, 5.74) is -1.33. The Labute approximate surface area is 155 Å². The number of aromatic nitrogens is 4. The number of carbonyl (C=O) groups is 2. The maximum absolute atomic E-state index is 12.4. The molecule has 0 aliphatic rings. The molecule has 148 valence electrons. The Morgan fingerprint density at radius 3 is 2.52 bits per heavy atom. The summed E-state index contributed by atoms with van der Waals surface area (Å²) in [7, 11) is 4.24. The highest BCUT2D eigenvalue weighted by molar-refractivity contribution is 5.87. The standard InChI is InChI=1S/C17H25N5O5/c1-6-17(2,15(25)27-5)19-11(23)8-7-9-22-10-18-13-12(22)14(24)21(4)16(26)20(13)3/h10H,6-9H2,1-5H3,(H,19,23). The van der Waals surface area contributed by atoms with Gasteiger partial charge in [-0.05, 0) is 19.8 Å². The predicted octanol–water partition coefficient (Wildman–Crippen LogP) is -0.328. The summed E-state index contributed by atoms with van der Waals surface area (Å²) in [6, 6.07) is 0. The van der Waals surface area contributed by atoms with Crippen LogP contribution in [0.4, 0.5) is 0 Å². The molecule has 0 spiro atoms. The number of imidazole rings is 1. The molecule has 2 aromatic heterocycles. The lowest BCUT2D eigenvalue weighted by molar-refractivity contribution is -0.150. The molecule has 0 saturated carbocycles. The smallest absolute Gasteiger partial charge is 0.332 e. The fraction of sp³-hybridized carbons (Fsp3) is 0.588. The van der Waals surface area contributed by atoms with Crippen molar-refractivity contribution in [2.45, 2.75) is 45.2 Å². The van der Waals surface area contributed by atoms with Crippen molar-refractivity contribution in [3.8, 4) is 0 Å². The van der Waals surface area contributed by atoms with Crippen molar-refractivity contribution in [1.29, 1.82) is 0 Å². The van der Waals surface area contributed by atoms with E-state index in [1.54, 1.807) is 25.5 Å². The number of aryl methyl sites for hydroxylation is 2. The van der Waals surface area contributed by atoms with Crippen molar-refractivity contribution >= 4 is 23.0 Å². The van der Waals surface area contributed by atoms with Crippen LogP contribution >= 0.6 is 0 Å². The normalized spacial score (nSPS) is 13.4. The Bertz CT molecular complexity index is 986. The second kappa shape index (κ2) is 7.77. The van der Waals surface area contributed by atoms with E-state index < -0.39 is 22.8 Å². The third-order valence-electron chi connectivity index (χ3n) is 4.78. The van der Waals surface area contributed by atoms with E-state index in [0.29, 0.717) is 30.6 Å². The zero-order chi connectivity index (χ0) is 20.4. The van der Waals surface area contributed by atoms with Gasteiger partial charge in [-0.2, -0.15) is 0 Å². The lowest BCUT2D eigenvalue weighted by Gasteiger charge is -2.26. The molecule has 0 bridgehead atoms. The number of esters is 1. The maximum atomic E-state index is 12.4. The van der Waals surface area contributed by atoms with Crippen LogP contribution in [0, 0.1) is 0 Å². The first-order chi connectivity index (χ1) is 12.7. The molecule has 0 radical (unpaired) electrons. The molecule has 0 aliphatic carbocycles. The van der Waals surface area contributed by atoms with Gasteiger partial charge >= 0.3 is 11.7 Å². The molecule has 1 atom stereocenters. The van der Waals surface area contributed by atoms with Gasteiger partial charge in [-0.1, -0.05) is 6.92 Å². The van der Waals surface area contributed by atoms with Gasteiger partial charge in [0.05, 0.1) is 13.4 Å². The molecule has 1 N–H and O–H groups in total. The van der Waals surface area contributed by atoms with Crippen LogP contribution in [0.3, 0.4) is 0 Å². The van der Waals surface area contributed by atoms with Crippen LogP contribution in [0.1, 0.15) is 33.1 Å². The molecular weight excluding hydrogens is 354 g/mol. The van der Waals surface area contributed by atoms with E-state index in [2.05, 4.69) is 10.3 Å². The number of fused-ring (bicyclic) bond motifs is 1. The van der Waals surface area contributed by atoms with Crippen LogP contribution in [0.5, 0.6) is 0 Å². The Balaban J connectivity index is 2.10. The number of ether oxygens (including phenoxy) is 1. The van der Waals surface area contributed by atoms with Crippen molar-refractivity contribution in [3.05, 3.63) is 27.2 Å². The largest absolute Gasteiger partial charge is 0.467 e. The summed E-state index contributed by atoms with van der Waals surface area (Å²) in [5, 5.41) is 2.70. The SMILES string of the molecule is CCC(C)(NC(=O)CCCn1cnc2c1c(=O)n(C)c(=O)n2C)C(=O)OC. The van der Waals surface area contributed by atoms with Gasteiger partial charge in [-0.3, -0.25) is 18.7 Å². The van der Waals surface area contributed by atoms with Crippen molar-refractivity contribution in [3.63, 3.8) is 0 Å². The number of hydrogen-bond donors (Lipinski definition) is 1. The predicted molar refractivity (Wildman–Crippen MR) is 98.3 cm³/mol. The topological polar surface area (TPSA) is 117 Å². The average Bonchev–Trinajstić information content (AvgIpc) is 3.07. The second-order valence-corrected chi connectivity index (χ2v) is 6.64. The summed E-state index contributed by atoms with van der Waals surface area (Å²) in [6.07, 6.45) is 2.48. The lowest BCUT2D eigenvalue weighted by atomic mass is 9.99. The van der Waals surface area contributed by atoms with Crippen LogP contribution in [0.25, 0.3) is 11.2 Å². The fourth-order valence-electron chi connectivity index (χ4n) is 2.86. The van der Waals surface area contributed by atoms with E-state index in [0.717, 1.165) is 4.57 Å². The maximum Gasteiger partial charge on any atom is 0.332 e. The number of hydrogen-bond acceptors (Lipinski definition) is 6. The molecule has 2 aromatic rings. The number of nitrogens with zero attached hydrogens (tertiary/aromatic N) is 4. The quantitative estimate of drug-likeness (QED) is 0.659. The van der Waals surface area contributed by atoms with Gasteiger partial charge in [-0.15, -0.1) is 0 Å². The van der Waals surface area contributed by atoms with E-state index in [-0.39, 0.29) is 12.3 Å². The Morgan fingerprint density at radius 2 is 1.93 bits per heavy atom. The monoisotopic (exact) mass is 379 g/mol.